The molecular formula is C20H19N3O. The van der Waals surface area contributed by atoms with Crippen molar-refractivity contribution in [3.63, 3.8) is 0 Å². The van der Waals surface area contributed by atoms with Gasteiger partial charge in [0, 0.05) is 16.5 Å². The first-order valence-electron chi connectivity index (χ1n) is 8.26. The summed E-state index contributed by atoms with van der Waals surface area (Å²) in [6.07, 6.45) is 2.96. The number of carbonyl (C=O) groups is 1. The summed E-state index contributed by atoms with van der Waals surface area (Å²) in [4.78, 5) is 15.7. The molecule has 0 atom stereocenters. The van der Waals surface area contributed by atoms with Crippen molar-refractivity contribution in [1.82, 2.24) is 10.4 Å². The third-order valence-corrected chi connectivity index (χ3v) is 4.52. The minimum absolute atomic E-state index is 0.179. The van der Waals surface area contributed by atoms with E-state index in [1.807, 2.05) is 18.2 Å². The molecular weight excluding hydrogens is 298 g/mol. The lowest BCUT2D eigenvalue weighted by molar-refractivity contribution is 0.0954. The molecule has 0 bridgehead atoms. The highest BCUT2D eigenvalue weighted by atomic mass is 16.2. The molecule has 1 aliphatic carbocycles. The Morgan fingerprint density at radius 1 is 1.12 bits per heavy atom. The van der Waals surface area contributed by atoms with Crippen molar-refractivity contribution in [2.75, 3.05) is 0 Å². The standard InChI is InChI=1S/C20H19N3O/c1-13-10-11-17-16(12-13)15-8-5-9-18(19(15)21-17)22-23-20(24)14-6-3-2-4-7-14/h2-4,6-7,10-12,21H,5,8-9H2,1H3,(H,23,24). The number of hydrogen-bond acceptors (Lipinski definition) is 2. The Morgan fingerprint density at radius 2 is 1.96 bits per heavy atom. The topological polar surface area (TPSA) is 57.2 Å². The Labute approximate surface area is 140 Å². The summed E-state index contributed by atoms with van der Waals surface area (Å²) >= 11 is 0. The van der Waals surface area contributed by atoms with Crippen LogP contribution in [0.25, 0.3) is 10.9 Å². The second-order valence-corrected chi connectivity index (χ2v) is 6.25. The molecule has 0 radical (unpaired) electrons. The van der Waals surface area contributed by atoms with Gasteiger partial charge < -0.3 is 4.98 Å². The number of rotatable bonds is 2. The average molecular weight is 317 g/mol. The molecule has 4 rings (SSSR count). The maximum absolute atomic E-state index is 12.2. The fourth-order valence-corrected chi connectivity index (χ4v) is 3.31. The summed E-state index contributed by atoms with van der Waals surface area (Å²) in [5.41, 5.74) is 9.00. The minimum Gasteiger partial charge on any atom is -0.353 e. The van der Waals surface area contributed by atoms with Crippen molar-refractivity contribution in [2.45, 2.75) is 26.2 Å². The number of fused-ring (bicyclic) bond motifs is 3. The molecule has 1 aromatic heterocycles. The van der Waals surface area contributed by atoms with Gasteiger partial charge in [0.15, 0.2) is 0 Å². The van der Waals surface area contributed by atoms with Gasteiger partial charge in [0.25, 0.3) is 5.91 Å². The van der Waals surface area contributed by atoms with Crippen LogP contribution in [0, 0.1) is 6.92 Å². The van der Waals surface area contributed by atoms with E-state index in [2.05, 4.69) is 40.6 Å². The summed E-state index contributed by atoms with van der Waals surface area (Å²) in [7, 11) is 0. The molecule has 0 aliphatic heterocycles. The third-order valence-electron chi connectivity index (χ3n) is 4.52. The smallest absolute Gasteiger partial charge is 0.271 e. The van der Waals surface area contributed by atoms with Crippen LogP contribution in [0.4, 0.5) is 0 Å². The molecule has 1 aliphatic rings. The number of benzene rings is 2. The molecule has 3 aromatic rings. The van der Waals surface area contributed by atoms with E-state index in [1.54, 1.807) is 12.1 Å². The van der Waals surface area contributed by atoms with Gasteiger partial charge in [-0.2, -0.15) is 5.10 Å². The van der Waals surface area contributed by atoms with Crippen LogP contribution in [0.15, 0.2) is 53.6 Å². The van der Waals surface area contributed by atoms with Crippen molar-refractivity contribution in [3.8, 4) is 0 Å². The molecule has 24 heavy (non-hydrogen) atoms. The Kier molecular flexibility index (Phi) is 3.65. The van der Waals surface area contributed by atoms with Crippen LogP contribution in [-0.2, 0) is 6.42 Å². The zero-order chi connectivity index (χ0) is 16.5. The number of H-pyrrole nitrogens is 1. The fraction of sp³-hybridized carbons (Fsp3) is 0.200. The van der Waals surface area contributed by atoms with Crippen molar-refractivity contribution in [2.24, 2.45) is 5.10 Å². The summed E-state index contributed by atoms with van der Waals surface area (Å²) in [6, 6.07) is 15.6. The number of amides is 1. The van der Waals surface area contributed by atoms with Crippen molar-refractivity contribution < 1.29 is 4.79 Å². The predicted molar refractivity (Wildman–Crippen MR) is 96.4 cm³/mol. The van der Waals surface area contributed by atoms with Crippen LogP contribution in [0.2, 0.25) is 0 Å². The summed E-state index contributed by atoms with van der Waals surface area (Å²) in [5, 5.41) is 5.67. The second kappa shape index (κ2) is 5.96. The number of hydrazone groups is 1. The highest BCUT2D eigenvalue weighted by molar-refractivity contribution is 6.07. The van der Waals surface area contributed by atoms with Gasteiger partial charge in [0.1, 0.15) is 0 Å². The van der Waals surface area contributed by atoms with E-state index in [0.717, 1.165) is 36.2 Å². The quantitative estimate of drug-likeness (QED) is 0.691. The van der Waals surface area contributed by atoms with Crippen LogP contribution in [-0.4, -0.2) is 16.6 Å². The van der Waals surface area contributed by atoms with E-state index in [1.165, 1.54) is 16.5 Å². The molecule has 0 saturated carbocycles. The van der Waals surface area contributed by atoms with Crippen LogP contribution in [0.1, 0.15) is 40.0 Å². The van der Waals surface area contributed by atoms with Crippen LogP contribution in [0.5, 0.6) is 0 Å². The first kappa shape index (κ1) is 14.7. The van der Waals surface area contributed by atoms with E-state index < -0.39 is 0 Å². The highest BCUT2D eigenvalue weighted by Gasteiger charge is 2.21. The Balaban J connectivity index is 1.66. The SMILES string of the molecule is Cc1ccc2[nH]c3c(c2c1)CCCC3=NNC(=O)c1ccccc1. The van der Waals surface area contributed by atoms with E-state index in [9.17, 15) is 4.79 Å². The largest absolute Gasteiger partial charge is 0.353 e. The number of hydrogen-bond donors (Lipinski definition) is 2. The van der Waals surface area contributed by atoms with Crippen molar-refractivity contribution >= 4 is 22.5 Å². The maximum Gasteiger partial charge on any atom is 0.271 e. The molecule has 1 heterocycles. The Hall–Kier alpha value is -2.88. The lowest BCUT2D eigenvalue weighted by atomic mass is 9.94. The zero-order valence-corrected chi connectivity index (χ0v) is 13.6. The van der Waals surface area contributed by atoms with Crippen molar-refractivity contribution in [3.05, 3.63) is 70.9 Å². The number of nitrogens with zero attached hydrogens (tertiary/aromatic N) is 1. The number of carbonyl (C=O) groups excluding carboxylic acids is 1. The molecule has 0 spiro atoms. The van der Waals surface area contributed by atoms with Gasteiger partial charge in [-0.1, -0.05) is 29.8 Å². The van der Waals surface area contributed by atoms with E-state index in [0.29, 0.717) is 5.56 Å². The third kappa shape index (κ3) is 2.60. The number of nitrogens with one attached hydrogen (secondary N) is 2. The summed E-state index contributed by atoms with van der Waals surface area (Å²) < 4.78 is 0. The summed E-state index contributed by atoms with van der Waals surface area (Å²) in [5.74, 6) is -0.179. The van der Waals surface area contributed by atoms with E-state index in [4.69, 9.17) is 0 Å². The van der Waals surface area contributed by atoms with Gasteiger partial charge >= 0.3 is 0 Å². The fourth-order valence-electron chi connectivity index (χ4n) is 3.31. The lowest BCUT2D eigenvalue weighted by Gasteiger charge is -2.14. The monoisotopic (exact) mass is 317 g/mol. The van der Waals surface area contributed by atoms with Crippen molar-refractivity contribution in [1.29, 1.82) is 0 Å². The average Bonchev–Trinajstić information content (AvgIpc) is 2.99. The lowest BCUT2D eigenvalue weighted by Crippen LogP contribution is -2.22. The van der Waals surface area contributed by atoms with Gasteiger partial charge in [-0.05, 0) is 56.0 Å². The van der Waals surface area contributed by atoms with Gasteiger partial charge in [-0.15, -0.1) is 0 Å². The minimum atomic E-state index is -0.179. The number of aromatic nitrogens is 1. The molecule has 120 valence electrons. The molecule has 4 heteroatoms. The Morgan fingerprint density at radius 3 is 2.79 bits per heavy atom. The van der Waals surface area contributed by atoms with Gasteiger partial charge in [0.2, 0.25) is 0 Å². The van der Waals surface area contributed by atoms with Crippen LogP contribution < -0.4 is 5.43 Å². The molecule has 1 amide bonds. The first-order chi connectivity index (χ1) is 11.7. The molecule has 0 saturated heterocycles. The van der Waals surface area contributed by atoms with E-state index in [-0.39, 0.29) is 5.91 Å². The highest BCUT2D eigenvalue weighted by Crippen LogP contribution is 2.30. The van der Waals surface area contributed by atoms with Crippen LogP contribution in [0.3, 0.4) is 0 Å². The predicted octanol–water partition coefficient (Wildman–Crippen LogP) is 3.95. The molecule has 0 unspecified atom stereocenters. The van der Waals surface area contributed by atoms with Gasteiger partial charge in [-0.25, -0.2) is 5.43 Å². The second-order valence-electron chi connectivity index (χ2n) is 6.25. The van der Waals surface area contributed by atoms with Crippen LogP contribution >= 0.6 is 0 Å². The summed E-state index contributed by atoms with van der Waals surface area (Å²) in [6.45, 7) is 2.11. The zero-order valence-electron chi connectivity index (χ0n) is 13.6. The van der Waals surface area contributed by atoms with Gasteiger partial charge in [0.05, 0.1) is 11.4 Å². The molecule has 2 N–H and O–H groups in total. The molecule has 0 fully saturated rings. The first-order valence-corrected chi connectivity index (χ1v) is 8.26. The molecule has 4 nitrogen and oxygen atoms in total. The maximum atomic E-state index is 12.2. The number of aromatic amines is 1. The Bertz CT molecular complexity index is 938. The molecule has 2 aromatic carbocycles. The normalized spacial score (nSPS) is 15.5. The van der Waals surface area contributed by atoms with Gasteiger partial charge in [-0.3, -0.25) is 4.79 Å². The van der Waals surface area contributed by atoms with E-state index >= 15 is 0 Å². The number of aryl methyl sites for hydroxylation is 2.